The minimum absolute atomic E-state index is 0.0188. The van der Waals surface area contributed by atoms with Gasteiger partial charge in [0, 0.05) is 34.6 Å². The highest BCUT2D eigenvalue weighted by Gasteiger charge is 2.24. The number of allylic oxidation sites excluding steroid dienone is 1. The highest BCUT2D eigenvalue weighted by atomic mass is 16.7. The minimum Gasteiger partial charge on any atom is -0.454 e. The number of aromatic nitrogens is 1. The molecule has 0 bridgehead atoms. The molecule has 2 aliphatic heterocycles. The van der Waals surface area contributed by atoms with Crippen LogP contribution in [0, 0.1) is 13.8 Å². The number of Topliss-reactive ketones (excluding diaryl/α,β-unsaturated/α-hetero) is 1. The maximum Gasteiger partial charge on any atom is 0.253 e. The molecule has 0 saturated heterocycles. The molecule has 2 amide bonds. The minimum atomic E-state index is -0.956. The summed E-state index contributed by atoms with van der Waals surface area (Å²) in [6, 6.07) is 19.6. The number of carbonyl (C=O) groups excluding carboxylic acids is 3. The van der Waals surface area contributed by atoms with Gasteiger partial charge in [0.15, 0.2) is 11.5 Å². The maximum atomic E-state index is 13.2. The molecule has 2 aliphatic rings. The number of hydrogen-bond acceptors (Lipinski definition) is 7. The molecule has 0 radical (unpaired) electrons. The number of fused-ring (bicyclic) bond motifs is 2. The monoisotopic (exact) mass is 604 g/mol. The van der Waals surface area contributed by atoms with Crippen LogP contribution in [-0.4, -0.2) is 47.2 Å². The number of ketones is 1. The third kappa shape index (κ3) is 6.00. The molecule has 0 saturated carbocycles. The number of carbonyl (C=O) groups is 3. The molecular weight excluding hydrogens is 572 g/mol. The molecule has 4 N–H and O–H groups in total. The number of aryl methyl sites for hydroxylation is 1. The van der Waals surface area contributed by atoms with E-state index in [1.165, 1.54) is 6.21 Å². The van der Waals surface area contributed by atoms with Gasteiger partial charge in [-0.1, -0.05) is 36.4 Å². The van der Waals surface area contributed by atoms with Crippen molar-refractivity contribution in [1.29, 1.82) is 0 Å². The Kier molecular flexibility index (Phi) is 8.06. The van der Waals surface area contributed by atoms with Gasteiger partial charge in [-0.25, -0.2) is 0 Å². The molecule has 3 heterocycles. The van der Waals surface area contributed by atoms with Gasteiger partial charge in [-0.15, -0.1) is 0 Å². The van der Waals surface area contributed by atoms with Crippen molar-refractivity contribution < 1.29 is 29.0 Å². The summed E-state index contributed by atoms with van der Waals surface area (Å²) in [4.78, 5) is 47.0. The van der Waals surface area contributed by atoms with Gasteiger partial charge < -0.3 is 30.2 Å². The van der Waals surface area contributed by atoms with E-state index in [-0.39, 0.29) is 37.0 Å². The lowest BCUT2D eigenvalue weighted by Crippen LogP contribution is -2.29. The fraction of sp³-hybridized carbons (Fsp3) is 0.200. The van der Waals surface area contributed by atoms with E-state index >= 15 is 0 Å². The topological polar surface area (TPSA) is 142 Å². The van der Waals surface area contributed by atoms with Crippen LogP contribution < -0.4 is 20.1 Å². The Bertz CT molecular complexity index is 1870. The molecule has 0 spiro atoms. The van der Waals surface area contributed by atoms with E-state index in [0.717, 1.165) is 5.56 Å². The van der Waals surface area contributed by atoms with E-state index in [4.69, 9.17) is 9.47 Å². The second-order valence-corrected chi connectivity index (χ2v) is 11.0. The highest BCUT2D eigenvalue weighted by Crippen LogP contribution is 2.35. The molecule has 4 aromatic rings. The van der Waals surface area contributed by atoms with E-state index in [0.29, 0.717) is 62.0 Å². The Morgan fingerprint density at radius 3 is 2.58 bits per heavy atom. The molecule has 3 aromatic carbocycles. The molecule has 228 valence electrons. The fourth-order valence-corrected chi connectivity index (χ4v) is 5.51. The van der Waals surface area contributed by atoms with Gasteiger partial charge in [-0.05, 0) is 73.9 Å². The van der Waals surface area contributed by atoms with E-state index in [1.54, 1.807) is 56.3 Å². The molecule has 0 aliphatic carbocycles. The normalized spacial score (nSPS) is 15.5. The Morgan fingerprint density at radius 1 is 1.00 bits per heavy atom. The number of amides is 2. The highest BCUT2D eigenvalue weighted by molar-refractivity contribution is 6.51. The first-order chi connectivity index (χ1) is 21.7. The smallest absolute Gasteiger partial charge is 0.253 e. The summed E-state index contributed by atoms with van der Waals surface area (Å²) in [7, 11) is 0. The number of aromatic amines is 1. The number of aliphatic hydroxyl groups is 1. The predicted molar refractivity (Wildman–Crippen MR) is 170 cm³/mol. The van der Waals surface area contributed by atoms with Crippen LogP contribution in [-0.2, 0) is 4.79 Å². The number of hydrogen-bond donors (Lipinski definition) is 4. The number of aliphatic hydroxyl groups excluding tert-OH is 1. The van der Waals surface area contributed by atoms with E-state index in [1.807, 2.05) is 37.3 Å². The van der Waals surface area contributed by atoms with Gasteiger partial charge in [-0.2, -0.15) is 0 Å². The summed E-state index contributed by atoms with van der Waals surface area (Å²) >= 11 is 0. The number of H-pyrrole nitrogens is 1. The summed E-state index contributed by atoms with van der Waals surface area (Å²) in [5, 5.41) is 16.5. The van der Waals surface area contributed by atoms with Crippen LogP contribution in [0.4, 0.5) is 5.69 Å². The summed E-state index contributed by atoms with van der Waals surface area (Å²) in [6.07, 6.45) is 1.98. The van der Waals surface area contributed by atoms with Crippen molar-refractivity contribution in [2.45, 2.75) is 32.9 Å². The lowest BCUT2D eigenvalue weighted by atomic mass is 9.94. The van der Waals surface area contributed by atoms with Crippen LogP contribution in [0.1, 0.15) is 73.4 Å². The maximum absolute atomic E-state index is 13.2. The average molecular weight is 605 g/mol. The van der Waals surface area contributed by atoms with Crippen LogP contribution >= 0.6 is 0 Å². The van der Waals surface area contributed by atoms with Crippen molar-refractivity contribution in [1.82, 2.24) is 15.6 Å². The first-order valence-corrected chi connectivity index (χ1v) is 14.5. The van der Waals surface area contributed by atoms with Crippen molar-refractivity contribution >= 4 is 41.1 Å². The standard InChI is InChI=1S/C35H32N4O6/c1-19-28(38-21(3)33(19)35(43)37-16-29(40)23-10-12-31-32(14-23)45-18-44-31)15-26-25-13-24(9-11-27(25)36-17-30(26)41)34(42)39-20(2)22-7-5-4-6-8-22/h4-15,17,20,29,38,40H,16,18H2,1-3H3,(H,37,43)(H,39,42)/b26-15-/t20-,29?/m1/s1. The largest absolute Gasteiger partial charge is 0.454 e. The van der Waals surface area contributed by atoms with Crippen molar-refractivity contribution in [2.75, 3.05) is 13.3 Å². The van der Waals surface area contributed by atoms with Gasteiger partial charge >= 0.3 is 0 Å². The first kappa shape index (κ1) is 29.6. The Morgan fingerprint density at radius 2 is 1.78 bits per heavy atom. The fourth-order valence-electron chi connectivity index (χ4n) is 5.51. The van der Waals surface area contributed by atoms with E-state index < -0.39 is 6.10 Å². The predicted octanol–water partition coefficient (Wildman–Crippen LogP) is 5.14. The molecule has 0 fully saturated rings. The van der Waals surface area contributed by atoms with Gasteiger partial charge in [0.1, 0.15) is 0 Å². The summed E-state index contributed by atoms with van der Waals surface area (Å²) < 4.78 is 10.7. The number of nitrogens with zero attached hydrogens (tertiary/aromatic N) is 1. The Hall–Kier alpha value is -5.48. The Balaban J connectivity index is 1.21. The molecule has 1 unspecified atom stereocenters. The quantitative estimate of drug-likeness (QED) is 0.205. The summed E-state index contributed by atoms with van der Waals surface area (Å²) in [5.41, 5.74) is 5.62. The summed E-state index contributed by atoms with van der Waals surface area (Å²) in [6.45, 7) is 5.58. The molecule has 1 aromatic heterocycles. The van der Waals surface area contributed by atoms with Crippen molar-refractivity contribution in [3.05, 3.63) is 111 Å². The average Bonchev–Trinajstić information content (AvgIpc) is 3.63. The zero-order valence-corrected chi connectivity index (χ0v) is 25.0. The number of rotatable bonds is 8. The van der Waals surface area contributed by atoms with Crippen LogP contribution in [0.25, 0.3) is 11.6 Å². The van der Waals surface area contributed by atoms with Gasteiger partial charge in [0.05, 0.1) is 29.6 Å². The summed E-state index contributed by atoms with van der Waals surface area (Å²) in [5.74, 6) is 0.199. The Labute approximate surface area is 259 Å². The number of benzene rings is 3. The third-order valence-corrected chi connectivity index (χ3v) is 8.01. The molecule has 6 rings (SSSR count). The van der Waals surface area contributed by atoms with Gasteiger partial charge in [0.25, 0.3) is 11.8 Å². The second kappa shape index (κ2) is 12.3. The SMILES string of the molecule is Cc1[nH]c(/C=C2\C(=O)C=Nc3ccc(C(=O)N[C@H](C)c4ccccc4)cc32)c(C)c1C(=O)NCC(O)c1ccc2c(c1)OCO2. The zero-order chi connectivity index (χ0) is 31.7. The van der Waals surface area contributed by atoms with Crippen LogP contribution in [0.3, 0.4) is 0 Å². The molecule has 10 nitrogen and oxygen atoms in total. The van der Waals surface area contributed by atoms with Crippen molar-refractivity contribution in [3.8, 4) is 11.5 Å². The van der Waals surface area contributed by atoms with Gasteiger partial charge in [-0.3, -0.25) is 19.4 Å². The van der Waals surface area contributed by atoms with Crippen LogP contribution in [0.2, 0.25) is 0 Å². The number of aliphatic imine (C=N–C) groups is 1. The lowest BCUT2D eigenvalue weighted by molar-refractivity contribution is -0.107. The van der Waals surface area contributed by atoms with E-state index in [9.17, 15) is 19.5 Å². The number of ether oxygens (including phenoxy) is 2. The second-order valence-electron chi connectivity index (χ2n) is 11.0. The number of nitrogens with one attached hydrogen (secondary N) is 3. The zero-order valence-electron chi connectivity index (χ0n) is 25.0. The van der Waals surface area contributed by atoms with Crippen LogP contribution in [0.15, 0.2) is 71.7 Å². The van der Waals surface area contributed by atoms with E-state index in [2.05, 4.69) is 20.6 Å². The van der Waals surface area contributed by atoms with Crippen molar-refractivity contribution in [3.63, 3.8) is 0 Å². The first-order valence-electron chi connectivity index (χ1n) is 14.5. The molecule has 10 heteroatoms. The van der Waals surface area contributed by atoms with Crippen molar-refractivity contribution in [2.24, 2.45) is 4.99 Å². The lowest BCUT2D eigenvalue weighted by Gasteiger charge is -2.17. The molecule has 2 atom stereocenters. The molecular formula is C35H32N4O6. The third-order valence-electron chi connectivity index (χ3n) is 8.01. The molecule has 45 heavy (non-hydrogen) atoms. The van der Waals surface area contributed by atoms with Gasteiger partial charge in [0.2, 0.25) is 12.6 Å². The van der Waals surface area contributed by atoms with Crippen LogP contribution in [0.5, 0.6) is 11.5 Å².